The zero-order valence-electron chi connectivity index (χ0n) is 9.40. The Morgan fingerprint density at radius 3 is 3.12 bits per heavy atom. The van der Waals surface area contributed by atoms with Crippen LogP contribution in [0.1, 0.15) is 26.6 Å². The minimum absolute atomic E-state index is 0.0481. The van der Waals surface area contributed by atoms with Crippen molar-refractivity contribution in [1.29, 1.82) is 0 Å². The maximum absolute atomic E-state index is 12.3. The van der Waals surface area contributed by atoms with Gasteiger partial charge in [-0.1, -0.05) is 12.1 Å². The van der Waals surface area contributed by atoms with Crippen LogP contribution in [0.2, 0.25) is 0 Å². The van der Waals surface area contributed by atoms with Gasteiger partial charge in [0.15, 0.2) is 0 Å². The number of para-hydroxylation sites is 1. The van der Waals surface area contributed by atoms with E-state index in [1.807, 2.05) is 19.1 Å². The van der Waals surface area contributed by atoms with Gasteiger partial charge in [0, 0.05) is 11.8 Å². The van der Waals surface area contributed by atoms with E-state index in [4.69, 9.17) is 4.74 Å². The topological polar surface area (TPSA) is 39.2 Å². The van der Waals surface area contributed by atoms with Crippen molar-refractivity contribution in [3.63, 3.8) is 0 Å². The summed E-state index contributed by atoms with van der Waals surface area (Å²) in [5.74, 6) is 0.691. The second-order valence-corrected chi connectivity index (χ2v) is 5.04. The van der Waals surface area contributed by atoms with Gasteiger partial charge in [0.25, 0.3) is 0 Å². The van der Waals surface area contributed by atoms with Crippen molar-refractivity contribution in [2.75, 3.05) is 6.61 Å². The highest BCUT2D eigenvalue weighted by Gasteiger charge is 2.22. The number of hydrogen-bond acceptors (Lipinski definition) is 4. The van der Waals surface area contributed by atoms with E-state index in [-0.39, 0.29) is 5.78 Å². The Hall–Kier alpha value is -1.68. The van der Waals surface area contributed by atoms with E-state index in [0.717, 1.165) is 22.7 Å². The molecule has 0 radical (unpaired) electrons. The summed E-state index contributed by atoms with van der Waals surface area (Å²) in [6.45, 7) is 2.56. The molecular formula is C13H11NO2S. The maximum atomic E-state index is 12.3. The van der Waals surface area contributed by atoms with Gasteiger partial charge >= 0.3 is 0 Å². The van der Waals surface area contributed by atoms with Crippen LogP contribution in [0.4, 0.5) is 0 Å². The van der Waals surface area contributed by atoms with Crippen molar-refractivity contribution in [2.24, 2.45) is 0 Å². The van der Waals surface area contributed by atoms with Crippen LogP contribution in [-0.4, -0.2) is 17.4 Å². The van der Waals surface area contributed by atoms with Gasteiger partial charge in [0.1, 0.15) is 11.4 Å². The Balaban J connectivity index is 2.05. The number of carbonyl (C=O) groups excluding carboxylic acids is 1. The van der Waals surface area contributed by atoms with E-state index in [1.165, 1.54) is 11.3 Å². The second-order valence-electron chi connectivity index (χ2n) is 3.97. The first kappa shape index (κ1) is 10.5. The molecule has 0 atom stereocenters. The Bertz CT molecular complexity index is 589. The van der Waals surface area contributed by atoms with Crippen molar-refractivity contribution < 1.29 is 9.53 Å². The van der Waals surface area contributed by atoms with Crippen LogP contribution in [0, 0.1) is 6.92 Å². The number of hydrogen-bond donors (Lipinski definition) is 0. The number of ether oxygens (including phenoxy) is 1. The van der Waals surface area contributed by atoms with Crippen molar-refractivity contribution in [2.45, 2.75) is 13.3 Å². The summed E-state index contributed by atoms with van der Waals surface area (Å²) in [5, 5.41) is 2.70. The first-order valence-electron chi connectivity index (χ1n) is 5.47. The monoisotopic (exact) mass is 245 g/mol. The quantitative estimate of drug-likeness (QED) is 0.763. The van der Waals surface area contributed by atoms with Gasteiger partial charge < -0.3 is 4.74 Å². The molecular weight excluding hydrogens is 234 g/mol. The summed E-state index contributed by atoms with van der Waals surface area (Å²) < 4.78 is 5.53. The van der Waals surface area contributed by atoms with Crippen molar-refractivity contribution in [3.05, 3.63) is 45.4 Å². The molecule has 17 heavy (non-hydrogen) atoms. The third kappa shape index (κ3) is 1.74. The number of thiazole rings is 1. The summed E-state index contributed by atoms with van der Waals surface area (Å²) in [7, 11) is 0. The SMILES string of the molecule is Cc1nc(C(=O)c2cccc3c2OCC3)cs1. The average Bonchev–Trinajstić information content (AvgIpc) is 2.95. The number of carbonyl (C=O) groups is 1. The van der Waals surface area contributed by atoms with E-state index in [9.17, 15) is 4.79 Å². The van der Waals surface area contributed by atoms with E-state index in [0.29, 0.717) is 17.9 Å². The first-order valence-corrected chi connectivity index (χ1v) is 6.35. The number of aromatic nitrogens is 1. The van der Waals surface area contributed by atoms with Crippen LogP contribution in [0.25, 0.3) is 0 Å². The Morgan fingerprint density at radius 2 is 2.35 bits per heavy atom. The number of fused-ring (bicyclic) bond motifs is 1. The molecule has 4 heteroatoms. The standard InChI is InChI=1S/C13H11NO2S/c1-8-14-11(7-17-8)12(15)10-4-2-3-9-5-6-16-13(9)10/h2-4,7H,5-6H2,1H3. The molecule has 3 nitrogen and oxygen atoms in total. The molecule has 0 fully saturated rings. The number of rotatable bonds is 2. The molecule has 86 valence electrons. The molecule has 1 aromatic carbocycles. The average molecular weight is 245 g/mol. The molecule has 0 spiro atoms. The van der Waals surface area contributed by atoms with Crippen LogP contribution >= 0.6 is 11.3 Å². The van der Waals surface area contributed by atoms with Crippen LogP contribution in [0.3, 0.4) is 0 Å². The lowest BCUT2D eigenvalue weighted by Gasteiger charge is -2.05. The Kier molecular flexibility index (Phi) is 2.44. The fraction of sp³-hybridized carbons (Fsp3) is 0.231. The highest BCUT2D eigenvalue weighted by atomic mass is 32.1. The van der Waals surface area contributed by atoms with Crippen LogP contribution < -0.4 is 4.74 Å². The predicted octanol–water partition coefficient (Wildman–Crippen LogP) is 2.62. The van der Waals surface area contributed by atoms with Gasteiger partial charge in [-0.25, -0.2) is 4.98 Å². The number of nitrogens with zero attached hydrogens (tertiary/aromatic N) is 1. The second kappa shape index (κ2) is 3.96. The lowest BCUT2D eigenvalue weighted by atomic mass is 10.0. The Labute approximate surface area is 103 Å². The van der Waals surface area contributed by atoms with E-state index in [2.05, 4.69) is 4.98 Å². The summed E-state index contributed by atoms with van der Waals surface area (Å²) >= 11 is 1.49. The Morgan fingerprint density at radius 1 is 1.47 bits per heavy atom. The molecule has 0 saturated heterocycles. The highest BCUT2D eigenvalue weighted by Crippen LogP contribution is 2.31. The molecule has 1 aliphatic heterocycles. The van der Waals surface area contributed by atoms with E-state index >= 15 is 0 Å². The molecule has 2 aromatic rings. The minimum atomic E-state index is -0.0481. The number of benzene rings is 1. The van der Waals surface area contributed by atoms with Gasteiger partial charge in [-0.3, -0.25) is 4.79 Å². The largest absolute Gasteiger partial charge is 0.492 e. The number of aryl methyl sites for hydroxylation is 1. The summed E-state index contributed by atoms with van der Waals surface area (Å²) in [4.78, 5) is 16.5. The maximum Gasteiger partial charge on any atom is 0.215 e. The minimum Gasteiger partial charge on any atom is -0.492 e. The molecule has 0 saturated carbocycles. The van der Waals surface area contributed by atoms with Crippen LogP contribution in [-0.2, 0) is 6.42 Å². The summed E-state index contributed by atoms with van der Waals surface area (Å²) in [6, 6.07) is 5.71. The van der Waals surface area contributed by atoms with Crippen molar-refractivity contribution in [3.8, 4) is 5.75 Å². The summed E-state index contributed by atoms with van der Waals surface area (Å²) in [6.07, 6.45) is 0.881. The van der Waals surface area contributed by atoms with Crippen LogP contribution in [0.5, 0.6) is 5.75 Å². The third-order valence-electron chi connectivity index (χ3n) is 2.81. The molecule has 3 rings (SSSR count). The smallest absolute Gasteiger partial charge is 0.215 e. The van der Waals surface area contributed by atoms with Gasteiger partial charge in [-0.15, -0.1) is 11.3 Å². The zero-order valence-corrected chi connectivity index (χ0v) is 10.2. The normalized spacial score (nSPS) is 13.2. The van der Waals surface area contributed by atoms with Crippen LogP contribution in [0.15, 0.2) is 23.6 Å². The summed E-state index contributed by atoms with van der Waals surface area (Å²) in [5.41, 5.74) is 2.25. The molecule has 0 aliphatic carbocycles. The fourth-order valence-corrected chi connectivity index (χ4v) is 2.59. The molecule has 0 unspecified atom stereocenters. The van der Waals surface area contributed by atoms with Crippen molar-refractivity contribution in [1.82, 2.24) is 4.98 Å². The highest BCUT2D eigenvalue weighted by molar-refractivity contribution is 7.09. The van der Waals surface area contributed by atoms with Gasteiger partial charge in [-0.2, -0.15) is 0 Å². The zero-order chi connectivity index (χ0) is 11.8. The molecule has 0 N–H and O–H groups in total. The molecule has 1 aliphatic rings. The molecule has 1 aromatic heterocycles. The fourth-order valence-electron chi connectivity index (χ4n) is 2.00. The lowest BCUT2D eigenvalue weighted by Crippen LogP contribution is -2.04. The number of ketones is 1. The predicted molar refractivity (Wildman–Crippen MR) is 65.9 cm³/mol. The van der Waals surface area contributed by atoms with Gasteiger partial charge in [-0.05, 0) is 18.6 Å². The van der Waals surface area contributed by atoms with Crippen molar-refractivity contribution >= 4 is 17.1 Å². The lowest BCUT2D eigenvalue weighted by molar-refractivity contribution is 0.103. The van der Waals surface area contributed by atoms with Gasteiger partial charge in [0.05, 0.1) is 17.2 Å². The van der Waals surface area contributed by atoms with E-state index in [1.54, 1.807) is 11.4 Å². The van der Waals surface area contributed by atoms with E-state index < -0.39 is 0 Å². The third-order valence-corrected chi connectivity index (χ3v) is 3.58. The van der Waals surface area contributed by atoms with Gasteiger partial charge in [0.2, 0.25) is 5.78 Å². The molecule has 2 heterocycles. The molecule has 0 bridgehead atoms. The molecule has 0 amide bonds. The first-order chi connectivity index (χ1) is 8.25.